The summed E-state index contributed by atoms with van der Waals surface area (Å²) in [4.78, 5) is 6.54. The Morgan fingerprint density at radius 2 is 2.11 bits per heavy atom. The normalized spacial score (nSPS) is 11.3. The van der Waals surface area contributed by atoms with E-state index in [2.05, 4.69) is 23.7 Å². The Labute approximate surface area is 116 Å². The van der Waals surface area contributed by atoms with Gasteiger partial charge in [-0.3, -0.25) is 0 Å². The van der Waals surface area contributed by atoms with E-state index in [1.807, 2.05) is 18.2 Å². The van der Waals surface area contributed by atoms with Crippen molar-refractivity contribution in [3.05, 3.63) is 22.7 Å². The van der Waals surface area contributed by atoms with E-state index in [4.69, 9.17) is 16.3 Å². The van der Waals surface area contributed by atoms with Crippen molar-refractivity contribution >= 4 is 33.2 Å². The van der Waals surface area contributed by atoms with Crippen LogP contribution in [0.5, 0.6) is 5.75 Å². The number of benzene rings is 1. The summed E-state index contributed by atoms with van der Waals surface area (Å²) < 4.78 is 7.40. The first-order valence-corrected chi connectivity index (χ1v) is 7.33. The first-order valence-electron chi connectivity index (χ1n) is 6.14. The van der Waals surface area contributed by atoms with Crippen molar-refractivity contribution < 1.29 is 4.74 Å². The number of fused-ring (bicyclic) bond motifs is 1. The third-order valence-electron chi connectivity index (χ3n) is 2.90. The maximum atomic E-state index is 5.88. The maximum Gasteiger partial charge on any atom is 0.184 e. The van der Waals surface area contributed by atoms with Crippen molar-refractivity contribution in [2.75, 3.05) is 26.2 Å². The summed E-state index contributed by atoms with van der Waals surface area (Å²) >= 11 is 7.36. The van der Waals surface area contributed by atoms with Crippen molar-refractivity contribution in [1.29, 1.82) is 0 Å². The summed E-state index contributed by atoms with van der Waals surface area (Å²) in [6.07, 6.45) is 0. The molecule has 0 bridgehead atoms. The van der Waals surface area contributed by atoms with Crippen LogP contribution in [0.15, 0.2) is 18.2 Å². The highest BCUT2D eigenvalue weighted by atomic mass is 35.5. The molecule has 0 aliphatic carbocycles. The number of ether oxygens (including phenoxy) is 1. The van der Waals surface area contributed by atoms with E-state index in [1.54, 1.807) is 0 Å². The molecule has 0 aliphatic heterocycles. The number of aromatic nitrogens is 1. The lowest BCUT2D eigenvalue weighted by Crippen LogP contribution is -2.27. The molecule has 3 nitrogen and oxygen atoms in total. The van der Waals surface area contributed by atoms with Crippen LogP contribution < -0.4 is 4.74 Å². The number of rotatable bonds is 6. The SMILES string of the molecule is CCN(CC)CCOc1ccc2nc(Cl)sc2c1. The summed E-state index contributed by atoms with van der Waals surface area (Å²) in [5.41, 5.74) is 0.932. The number of nitrogens with zero attached hydrogens (tertiary/aromatic N) is 2. The summed E-state index contributed by atoms with van der Waals surface area (Å²) in [5.74, 6) is 0.884. The summed E-state index contributed by atoms with van der Waals surface area (Å²) in [6.45, 7) is 8.10. The van der Waals surface area contributed by atoms with Gasteiger partial charge in [0.05, 0.1) is 10.2 Å². The summed E-state index contributed by atoms with van der Waals surface area (Å²) in [6, 6.07) is 5.90. The Hall–Kier alpha value is -0.840. The molecule has 1 heterocycles. The third kappa shape index (κ3) is 3.34. The van der Waals surface area contributed by atoms with Gasteiger partial charge in [0.25, 0.3) is 0 Å². The molecule has 0 aliphatic rings. The van der Waals surface area contributed by atoms with Crippen molar-refractivity contribution in [2.24, 2.45) is 0 Å². The van der Waals surface area contributed by atoms with Gasteiger partial charge in [-0.05, 0) is 31.3 Å². The molecule has 5 heteroatoms. The Morgan fingerprint density at radius 1 is 1.33 bits per heavy atom. The first-order chi connectivity index (χ1) is 8.72. The minimum atomic E-state index is 0.574. The molecule has 0 saturated heterocycles. The molecule has 18 heavy (non-hydrogen) atoms. The van der Waals surface area contributed by atoms with E-state index in [0.717, 1.165) is 35.6 Å². The molecule has 1 aromatic heterocycles. The van der Waals surface area contributed by atoms with Gasteiger partial charge in [-0.15, -0.1) is 11.3 Å². The van der Waals surface area contributed by atoms with E-state index in [0.29, 0.717) is 11.1 Å². The van der Waals surface area contributed by atoms with Gasteiger partial charge < -0.3 is 9.64 Å². The first kappa shape index (κ1) is 13.6. The van der Waals surface area contributed by atoms with E-state index >= 15 is 0 Å². The molecule has 0 unspecified atom stereocenters. The Kier molecular flexibility index (Phi) is 4.80. The van der Waals surface area contributed by atoms with E-state index in [-0.39, 0.29) is 0 Å². The van der Waals surface area contributed by atoms with Gasteiger partial charge in [-0.1, -0.05) is 25.4 Å². The average molecular weight is 285 g/mol. The predicted octanol–water partition coefficient (Wildman–Crippen LogP) is 3.67. The van der Waals surface area contributed by atoms with Gasteiger partial charge in [-0.2, -0.15) is 0 Å². The lowest BCUT2D eigenvalue weighted by Gasteiger charge is -2.17. The monoisotopic (exact) mass is 284 g/mol. The smallest absolute Gasteiger partial charge is 0.184 e. The van der Waals surface area contributed by atoms with Crippen LogP contribution in [0.25, 0.3) is 10.2 Å². The zero-order valence-electron chi connectivity index (χ0n) is 10.6. The molecule has 2 rings (SSSR count). The molecular formula is C13H17ClN2OS. The van der Waals surface area contributed by atoms with Crippen LogP contribution in [0.4, 0.5) is 0 Å². The van der Waals surface area contributed by atoms with Gasteiger partial charge in [0.1, 0.15) is 12.4 Å². The second-order valence-electron chi connectivity index (χ2n) is 3.97. The van der Waals surface area contributed by atoms with Crippen molar-refractivity contribution in [2.45, 2.75) is 13.8 Å². The van der Waals surface area contributed by atoms with Crippen LogP contribution >= 0.6 is 22.9 Å². The minimum Gasteiger partial charge on any atom is -0.492 e. The van der Waals surface area contributed by atoms with E-state index in [9.17, 15) is 0 Å². The zero-order valence-corrected chi connectivity index (χ0v) is 12.2. The number of hydrogen-bond acceptors (Lipinski definition) is 4. The van der Waals surface area contributed by atoms with E-state index in [1.165, 1.54) is 11.3 Å². The maximum absolute atomic E-state index is 5.88. The molecule has 0 spiro atoms. The van der Waals surface area contributed by atoms with Crippen LogP contribution in [0, 0.1) is 0 Å². The second-order valence-corrected chi connectivity index (χ2v) is 5.58. The quantitative estimate of drug-likeness (QED) is 0.809. The zero-order chi connectivity index (χ0) is 13.0. The van der Waals surface area contributed by atoms with Gasteiger partial charge in [0.2, 0.25) is 0 Å². The standard InChI is InChI=1S/C13H17ClN2OS/c1-3-16(4-2)7-8-17-10-5-6-11-12(9-10)18-13(14)15-11/h5-6,9H,3-4,7-8H2,1-2H3. The average Bonchev–Trinajstić information content (AvgIpc) is 2.74. The fourth-order valence-electron chi connectivity index (χ4n) is 1.80. The highest BCUT2D eigenvalue weighted by Crippen LogP contribution is 2.28. The van der Waals surface area contributed by atoms with Crippen LogP contribution in [0.2, 0.25) is 4.47 Å². The van der Waals surface area contributed by atoms with Crippen LogP contribution in [0.1, 0.15) is 13.8 Å². The largest absolute Gasteiger partial charge is 0.492 e. The Bertz CT molecular complexity index is 511. The molecule has 0 radical (unpaired) electrons. The van der Waals surface area contributed by atoms with Crippen molar-refractivity contribution in [3.63, 3.8) is 0 Å². The lowest BCUT2D eigenvalue weighted by atomic mass is 10.3. The highest BCUT2D eigenvalue weighted by molar-refractivity contribution is 7.22. The van der Waals surface area contributed by atoms with Crippen LogP contribution in [0.3, 0.4) is 0 Å². The van der Waals surface area contributed by atoms with Gasteiger partial charge in [0.15, 0.2) is 4.47 Å². The number of halogens is 1. The molecule has 0 fully saturated rings. The van der Waals surface area contributed by atoms with Gasteiger partial charge in [0, 0.05) is 6.54 Å². The topological polar surface area (TPSA) is 25.4 Å². The number of hydrogen-bond donors (Lipinski definition) is 0. The minimum absolute atomic E-state index is 0.574. The summed E-state index contributed by atoms with van der Waals surface area (Å²) in [7, 11) is 0. The second kappa shape index (κ2) is 6.36. The van der Waals surface area contributed by atoms with Gasteiger partial charge >= 0.3 is 0 Å². The fraction of sp³-hybridized carbons (Fsp3) is 0.462. The molecule has 98 valence electrons. The Morgan fingerprint density at radius 3 is 2.83 bits per heavy atom. The van der Waals surface area contributed by atoms with E-state index < -0.39 is 0 Å². The number of thiazole rings is 1. The fourth-order valence-corrected chi connectivity index (χ4v) is 2.86. The molecule has 0 N–H and O–H groups in total. The highest BCUT2D eigenvalue weighted by Gasteiger charge is 2.04. The summed E-state index contributed by atoms with van der Waals surface area (Å²) in [5, 5.41) is 0. The Balaban J connectivity index is 1.95. The number of likely N-dealkylation sites (N-methyl/N-ethyl adjacent to an activating group) is 1. The molecule has 0 saturated carbocycles. The van der Waals surface area contributed by atoms with Crippen LogP contribution in [-0.4, -0.2) is 36.1 Å². The predicted molar refractivity (Wildman–Crippen MR) is 77.9 cm³/mol. The third-order valence-corrected chi connectivity index (χ3v) is 4.03. The van der Waals surface area contributed by atoms with Crippen molar-refractivity contribution in [3.8, 4) is 5.75 Å². The molecule has 0 atom stereocenters. The molecule has 1 aromatic carbocycles. The van der Waals surface area contributed by atoms with Crippen LogP contribution in [-0.2, 0) is 0 Å². The molecule has 2 aromatic rings. The van der Waals surface area contributed by atoms with Crippen molar-refractivity contribution in [1.82, 2.24) is 9.88 Å². The molecule has 0 amide bonds. The molecular weight excluding hydrogens is 268 g/mol. The lowest BCUT2D eigenvalue weighted by molar-refractivity contribution is 0.223. The van der Waals surface area contributed by atoms with Gasteiger partial charge in [-0.25, -0.2) is 4.98 Å².